The molecule has 0 spiro atoms. The summed E-state index contributed by atoms with van der Waals surface area (Å²) in [7, 11) is 0. The maximum atomic E-state index is 8.59. The van der Waals surface area contributed by atoms with Crippen molar-refractivity contribution in [3.8, 4) is 5.88 Å². The van der Waals surface area contributed by atoms with Crippen LogP contribution in [-0.4, -0.2) is 74.9 Å². The van der Waals surface area contributed by atoms with Crippen LogP contribution in [0, 0.1) is 0 Å². The smallest absolute Gasteiger partial charge is 0.215 e. The highest BCUT2D eigenvalue weighted by molar-refractivity contribution is 5.52. The Labute approximate surface area is 142 Å². The molecule has 3 rings (SSSR count). The molecular weight excluding hydrogens is 310 g/mol. The first-order valence-corrected chi connectivity index (χ1v) is 8.72. The van der Waals surface area contributed by atoms with Gasteiger partial charge in [-0.15, -0.1) is 0 Å². The molecule has 2 saturated heterocycles. The summed E-state index contributed by atoms with van der Waals surface area (Å²) in [5, 5.41) is 12.1. The first kappa shape index (κ1) is 17.4. The van der Waals surface area contributed by atoms with Gasteiger partial charge in [0.1, 0.15) is 6.61 Å². The summed E-state index contributed by atoms with van der Waals surface area (Å²) < 4.78 is 16.2. The average Bonchev–Trinajstić information content (AvgIpc) is 2.86. The number of aliphatic hydroxyl groups excluding tert-OH is 1. The standard InChI is InChI=1S/C17H27N3O4/c21-5-6-22-7-8-23-9-10-24-17-11-14(3-4-19-17)20-15-1-2-16(20)13-18-12-15/h3-4,11,15-16,18,21H,1-2,5-10,12-13H2. The van der Waals surface area contributed by atoms with Crippen LogP contribution in [0.3, 0.4) is 0 Å². The Morgan fingerprint density at radius 1 is 1.08 bits per heavy atom. The predicted molar refractivity (Wildman–Crippen MR) is 90.6 cm³/mol. The average molecular weight is 337 g/mol. The number of ether oxygens (including phenoxy) is 3. The molecule has 24 heavy (non-hydrogen) atoms. The number of nitrogens with zero attached hydrogens (tertiary/aromatic N) is 2. The van der Waals surface area contributed by atoms with Gasteiger partial charge in [0.25, 0.3) is 0 Å². The van der Waals surface area contributed by atoms with E-state index >= 15 is 0 Å². The van der Waals surface area contributed by atoms with Gasteiger partial charge in [-0.1, -0.05) is 0 Å². The molecule has 134 valence electrons. The number of rotatable bonds is 10. The number of fused-ring (bicyclic) bond motifs is 2. The van der Waals surface area contributed by atoms with Crippen molar-refractivity contribution in [3.05, 3.63) is 18.3 Å². The number of nitrogens with one attached hydrogen (secondary N) is 1. The lowest BCUT2D eigenvalue weighted by atomic mass is 10.2. The summed E-state index contributed by atoms with van der Waals surface area (Å²) in [5.41, 5.74) is 1.20. The van der Waals surface area contributed by atoms with Crippen LogP contribution in [0.15, 0.2) is 18.3 Å². The Morgan fingerprint density at radius 3 is 2.54 bits per heavy atom. The Bertz CT molecular complexity index is 486. The molecular formula is C17H27N3O4. The van der Waals surface area contributed by atoms with Crippen LogP contribution in [-0.2, 0) is 9.47 Å². The van der Waals surface area contributed by atoms with E-state index in [4.69, 9.17) is 19.3 Å². The van der Waals surface area contributed by atoms with Gasteiger partial charge in [-0.25, -0.2) is 4.98 Å². The van der Waals surface area contributed by atoms with Gasteiger partial charge >= 0.3 is 0 Å². The third-order valence-corrected chi connectivity index (χ3v) is 4.48. The van der Waals surface area contributed by atoms with Crippen LogP contribution in [0.5, 0.6) is 5.88 Å². The van der Waals surface area contributed by atoms with Crippen molar-refractivity contribution in [1.82, 2.24) is 10.3 Å². The van der Waals surface area contributed by atoms with Crippen molar-refractivity contribution >= 4 is 5.69 Å². The molecule has 2 fully saturated rings. The highest BCUT2D eigenvalue weighted by Gasteiger charge is 2.36. The van der Waals surface area contributed by atoms with Crippen molar-refractivity contribution in [2.45, 2.75) is 24.9 Å². The lowest BCUT2D eigenvalue weighted by Gasteiger charge is -2.37. The molecule has 0 saturated carbocycles. The number of anilines is 1. The van der Waals surface area contributed by atoms with Gasteiger partial charge < -0.3 is 29.5 Å². The second-order valence-corrected chi connectivity index (χ2v) is 6.10. The van der Waals surface area contributed by atoms with E-state index in [1.165, 1.54) is 18.5 Å². The van der Waals surface area contributed by atoms with Crippen LogP contribution in [0.1, 0.15) is 12.8 Å². The van der Waals surface area contributed by atoms with Gasteiger partial charge in [0, 0.05) is 43.1 Å². The lowest BCUT2D eigenvalue weighted by molar-refractivity contribution is 0.0243. The first-order chi connectivity index (χ1) is 11.9. The minimum absolute atomic E-state index is 0.0416. The minimum Gasteiger partial charge on any atom is -0.475 e. The fraction of sp³-hybridized carbons (Fsp3) is 0.706. The quantitative estimate of drug-likeness (QED) is 0.600. The highest BCUT2D eigenvalue weighted by atomic mass is 16.5. The maximum absolute atomic E-state index is 8.59. The summed E-state index contributed by atoms with van der Waals surface area (Å²) >= 11 is 0. The fourth-order valence-electron chi connectivity index (χ4n) is 3.43. The van der Waals surface area contributed by atoms with Gasteiger partial charge in [0.15, 0.2) is 0 Å². The molecule has 3 heterocycles. The topological polar surface area (TPSA) is 76.1 Å². The van der Waals surface area contributed by atoms with Gasteiger partial charge in [-0.2, -0.15) is 0 Å². The molecule has 0 amide bonds. The Balaban J connectivity index is 1.41. The number of aliphatic hydroxyl groups is 1. The summed E-state index contributed by atoms with van der Waals surface area (Å²) in [6.45, 7) is 4.45. The van der Waals surface area contributed by atoms with Crippen LogP contribution in [0.2, 0.25) is 0 Å². The molecule has 2 N–H and O–H groups in total. The first-order valence-electron chi connectivity index (χ1n) is 8.72. The zero-order chi connectivity index (χ0) is 16.6. The highest BCUT2D eigenvalue weighted by Crippen LogP contribution is 2.33. The van der Waals surface area contributed by atoms with E-state index in [9.17, 15) is 0 Å². The SMILES string of the molecule is OCCOCCOCCOc1cc(N2C3CCC2CNC3)ccn1. The molecule has 1 aromatic rings. The van der Waals surface area contributed by atoms with Crippen LogP contribution in [0.4, 0.5) is 5.69 Å². The van der Waals surface area contributed by atoms with Gasteiger partial charge in [-0.3, -0.25) is 0 Å². The van der Waals surface area contributed by atoms with Gasteiger partial charge in [0.05, 0.1) is 33.0 Å². The van der Waals surface area contributed by atoms with Gasteiger partial charge in [-0.05, 0) is 18.9 Å². The Morgan fingerprint density at radius 2 is 1.79 bits per heavy atom. The van der Waals surface area contributed by atoms with Crippen LogP contribution >= 0.6 is 0 Å². The number of aromatic nitrogens is 1. The van der Waals surface area contributed by atoms with E-state index in [1.54, 1.807) is 0 Å². The van der Waals surface area contributed by atoms with E-state index < -0.39 is 0 Å². The summed E-state index contributed by atoms with van der Waals surface area (Å²) in [6, 6.07) is 5.27. The van der Waals surface area contributed by atoms with E-state index in [0.29, 0.717) is 51.0 Å². The molecule has 2 aliphatic heterocycles. The van der Waals surface area contributed by atoms with E-state index in [0.717, 1.165) is 13.1 Å². The van der Waals surface area contributed by atoms with Crippen molar-refractivity contribution < 1.29 is 19.3 Å². The number of pyridine rings is 1. The molecule has 1 aromatic heterocycles. The van der Waals surface area contributed by atoms with Crippen LogP contribution < -0.4 is 15.0 Å². The summed E-state index contributed by atoms with van der Waals surface area (Å²) in [4.78, 5) is 6.80. The lowest BCUT2D eigenvalue weighted by Crippen LogP contribution is -2.52. The molecule has 2 aliphatic rings. The zero-order valence-corrected chi connectivity index (χ0v) is 14.0. The molecule has 0 aliphatic carbocycles. The molecule has 2 unspecified atom stereocenters. The number of piperazine rings is 1. The molecule has 7 nitrogen and oxygen atoms in total. The number of hydrogen-bond acceptors (Lipinski definition) is 7. The largest absolute Gasteiger partial charge is 0.475 e. The molecule has 2 atom stereocenters. The van der Waals surface area contributed by atoms with Crippen molar-refractivity contribution in [1.29, 1.82) is 0 Å². The predicted octanol–water partition coefficient (Wildman–Crippen LogP) is 0.427. The molecule has 7 heteroatoms. The third-order valence-electron chi connectivity index (χ3n) is 4.48. The molecule has 2 bridgehead atoms. The Kier molecular flexibility index (Phi) is 6.66. The minimum atomic E-state index is 0.0416. The molecule has 0 aromatic carbocycles. The number of hydrogen-bond donors (Lipinski definition) is 2. The second kappa shape index (κ2) is 9.17. The van der Waals surface area contributed by atoms with Crippen molar-refractivity contribution in [3.63, 3.8) is 0 Å². The van der Waals surface area contributed by atoms with E-state index in [-0.39, 0.29) is 6.61 Å². The second-order valence-electron chi connectivity index (χ2n) is 6.10. The summed E-state index contributed by atoms with van der Waals surface area (Å²) in [6.07, 6.45) is 4.32. The fourth-order valence-corrected chi connectivity index (χ4v) is 3.43. The van der Waals surface area contributed by atoms with E-state index in [2.05, 4.69) is 21.3 Å². The zero-order valence-electron chi connectivity index (χ0n) is 14.0. The third kappa shape index (κ3) is 4.57. The monoisotopic (exact) mass is 337 g/mol. The maximum Gasteiger partial charge on any atom is 0.215 e. The van der Waals surface area contributed by atoms with E-state index in [1.807, 2.05) is 12.3 Å². The molecule has 0 radical (unpaired) electrons. The normalized spacial score (nSPS) is 22.8. The van der Waals surface area contributed by atoms with Crippen molar-refractivity contribution in [2.24, 2.45) is 0 Å². The van der Waals surface area contributed by atoms with Gasteiger partial charge in [0.2, 0.25) is 5.88 Å². The van der Waals surface area contributed by atoms with Crippen LogP contribution in [0.25, 0.3) is 0 Å². The Hall–Kier alpha value is -1.41. The summed E-state index contributed by atoms with van der Waals surface area (Å²) in [5.74, 6) is 0.644. The van der Waals surface area contributed by atoms with Crippen molar-refractivity contribution in [2.75, 3.05) is 57.6 Å².